The molecule has 0 radical (unpaired) electrons. The molecule has 0 aliphatic carbocycles. The Morgan fingerprint density at radius 3 is 2.66 bits per heavy atom. The predicted molar refractivity (Wildman–Crippen MR) is 113 cm³/mol. The number of benzene rings is 2. The zero-order valence-corrected chi connectivity index (χ0v) is 17.4. The number of aromatic nitrogens is 2. The van der Waals surface area contributed by atoms with Gasteiger partial charge in [-0.15, -0.1) is 0 Å². The number of hydrogen-bond acceptors (Lipinski definition) is 5. The quantitative estimate of drug-likeness (QED) is 0.477. The van der Waals surface area contributed by atoms with Gasteiger partial charge in [-0.05, 0) is 36.6 Å². The number of aryl methyl sites for hydroxylation is 2. The molecule has 6 nitrogen and oxygen atoms in total. The van der Waals surface area contributed by atoms with Crippen molar-refractivity contribution in [2.45, 2.75) is 25.0 Å². The lowest BCUT2D eigenvalue weighted by Gasteiger charge is -2.17. The lowest BCUT2D eigenvalue weighted by molar-refractivity contribution is -0.145. The predicted octanol–water partition coefficient (Wildman–Crippen LogP) is 3.61. The summed E-state index contributed by atoms with van der Waals surface area (Å²) >= 11 is 1.32. The Bertz CT molecular complexity index is 1000. The molecule has 2 aromatic carbocycles. The number of esters is 1. The average molecular weight is 410 g/mol. The van der Waals surface area contributed by atoms with E-state index in [-0.39, 0.29) is 11.7 Å². The first-order valence-electron chi connectivity index (χ1n) is 9.15. The van der Waals surface area contributed by atoms with Gasteiger partial charge in [-0.25, -0.2) is 9.78 Å². The van der Waals surface area contributed by atoms with E-state index in [0.717, 1.165) is 16.8 Å². The van der Waals surface area contributed by atoms with Crippen LogP contribution in [0.1, 0.15) is 22.7 Å². The van der Waals surface area contributed by atoms with Crippen LogP contribution in [0, 0.1) is 13.8 Å². The molecule has 0 saturated carbocycles. The van der Waals surface area contributed by atoms with Crippen LogP contribution in [0.15, 0.2) is 66.1 Å². The standard InChI is InChI=1S/C22H23N3O3S/c1-15-9-10-16(2)18(13-15)25-12-11-23-22(25)29-14-19(26)24-20(21(27)28-3)17-7-5-4-6-8-17/h4-13,20H,14H2,1-3H3,(H,24,26). The molecule has 0 aliphatic rings. The maximum Gasteiger partial charge on any atom is 0.333 e. The van der Waals surface area contributed by atoms with Gasteiger partial charge in [-0.1, -0.05) is 54.2 Å². The van der Waals surface area contributed by atoms with E-state index in [2.05, 4.69) is 28.5 Å². The van der Waals surface area contributed by atoms with E-state index < -0.39 is 12.0 Å². The van der Waals surface area contributed by atoms with Crippen LogP contribution in [-0.4, -0.2) is 34.3 Å². The second-order valence-corrected chi connectivity index (χ2v) is 7.54. The minimum Gasteiger partial charge on any atom is -0.467 e. The van der Waals surface area contributed by atoms with Crippen LogP contribution < -0.4 is 5.32 Å². The summed E-state index contributed by atoms with van der Waals surface area (Å²) in [4.78, 5) is 29.0. The second-order valence-electron chi connectivity index (χ2n) is 6.59. The van der Waals surface area contributed by atoms with Gasteiger partial charge in [0, 0.05) is 12.4 Å². The number of hydrogen-bond donors (Lipinski definition) is 1. The van der Waals surface area contributed by atoms with E-state index in [1.807, 2.05) is 42.8 Å². The van der Waals surface area contributed by atoms with Crippen molar-refractivity contribution >= 4 is 23.6 Å². The van der Waals surface area contributed by atoms with E-state index in [1.165, 1.54) is 18.9 Å². The third-order valence-electron chi connectivity index (χ3n) is 4.44. The number of nitrogens with one attached hydrogen (secondary N) is 1. The fourth-order valence-electron chi connectivity index (χ4n) is 2.93. The maximum atomic E-state index is 12.5. The lowest BCUT2D eigenvalue weighted by Crippen LogP contribution is -2.35. The van der Waals surface area contributed by atoms with Crippen LogP contribution in [-0.2, 0) is 14.3 Å². The third kappa shape index (κ3) is 5.06. The van der Waals surface area contributed by atoms with E-state index in [9.17, 15) is 9.59 Å². The summed E-state index contributed by atoms with van der Waals surface area (Å²) in [5, 5.41) is 3.47. The van der Waals surface area contributed by atoms with Gasteiger partial charge in [0.2, 0.25) is 5.91 Å². The van der Waals surface area contributed by atoms with Crippen molar-refractivity contribution in [3.63, 3.8) is 0 Å². The largest absolute Gasteiger partial charge is 0.467 e. The minimum absolute atomic E-state index is 0.127. The summed E-state index contributed by atoms with van der Waals surface area (Å²) in [6, 6.07) is 14.4. The molecule has 1 heterocycles. The van der Waals surface area contributed by atoms with Gasteiger partial charge in [0.25, 0.3) is 0 Å². The van der Waals surface area contributed by atoms with Crippen molar-refractivity contribution in [1.29, 1.82) is 0 Å². The molecule has 150 valence electrons. The van der Waals surface area contributed by atoms with Gasteiger partial charge < -0.3 is 10.1 Å². The molecular formula is C22H23N3O3S. The van der Waals surface area contributed by atoms with Gasteiger partial charge in [0.15, 0.2) is 11.2 Å². The number of amides is 1. The van der Waals surface area contributed by atoms with Crippen molar-refractivity contribution < 1.29 is 14.3 Å². The van der Waals surface area contributed by atoms with Gasteiger partial charge in [-0.3, -0.25) is 9.36 Å². The zero-order chi connectivity index (χ0) is 20.8. The van der Waals surface area contributed by atoms with Crippen LogP contribution in [0.4, 0.5) is 0 Å². The number of imidazole rings is 1. The van der Waals surface area contributed by atoms with Crippen molar-refractivity contribution in [3.05, 3.63) is 77.6 Å². The molecule has 1 unspecified atom stereocenters. The number of methoxy groups -OCH3 is 1. The Balaban J connectivity index is 1.70. The highest BCUT2D eigenvalue weighted by molar-refractivity contribution is 7.99. The molecule has 0 fully saturated rings. The first-order valence-corrected chi connectivity index (χ1v) is 10.1. The molecule has 0 bridgehead atoms. The lowest BCUT2D eigenvalue weighted by atomic mass is 10.1. The first kappa shape index (κ1) is 20.7. The fraction of sp³-hybridized carbons (Fsp3) is 0.227. The smallest absolute Gasteiger partial charge is 0.333 e. The van der Waals surface area contributed by atoms with Crippen LogP contribution in [0.5, 0.6) is 0 Å². The van der Waals surface area contributed by atoms with E-state index in [4.69, 9.17) is 4.74 Å². The molecule has 3 rings (SSSR count). The highest BCUT2D eigenvalue weighted by Gasteiger charge is 2.23. The molecule has 1 amide bonds. The monoisotopic (exact) mass is 409 g/mol. The maximum absolute atomic E-state index is 12.5. The van der Waals surface area contributed by atoms with E-state index >= 15 is 0 Å². The summed E-state index contributed by atoms with van der Waals surface area (Å²) in [7, 11) is 1.31. The summed E-state index contributed by atoms with van der Waals surface area (Å²) in [5.41, 5.74) is 3.98. The Morgan fingerprint density at radius 1 is 1.17 bits per heavy atom. The normalized spacial score (nSPS) is 11.7. The molecule has 0 aliphatic heterocycles. The van der Waals surface area contributed by atoms with Crippen LogP contribution in [0.3, 0.4) is 0 Å². The van der Waals surface area contributed by atoms with Crippen molar-refractivity contribution in [2.24, 2.45) is 0 Å². The molecule has 7 heteroatoms. The number of ether oxygens (including phenoxy) is 1. The van der Waals surface area contributed by atoms with Crippen molar-refractivity contribution in [3.8, 4) is 5.69 Å². The van der Waals surface area contributed by atoms with Gasteiger partial charge >= 0.3 is 5.97 Å². The summed E-state index contributed by atoms with van der Waals surface area (Å²) in [6.45, 7) is 4.08. The van der Waals surface area contributed by atoms with Crippen LogP contribution >= 0.6 is 11.8 Å². The first-order chi connectivity index (χ1) is 14.0. The van der Waals surface area contributed by atoms with Gasteiger partial charge in [-0.2, -0.15) is 0 Å². The van der Waals surface area contributed by atoms with Gasteiger partial charge in [0.05, 0.1) is 18.6 Å². The number of thioether (sulfide) groups is 1. The van der Waals surface area contributed by atoms with Crippen LogP contribution in [0.25, 0.3) is 5.69 Å². The molecule has 29 heavy (non-hydrogen) atoms. The molecule has 3 aromatic rings. The average Bonchev–Trinajstić information content (AvgIpc) is 3.20. The topological polar surface area (TPSA) is 73.2 Å². The summed E-state index contributed by atoms with van der Waals surface area (Å²) < 4.78 is 6.81. The Hall–Kier alpha value is -3.06. The molecule has 1 atom stereocenters. The third-order valence-corrected chi connectivity index (χ3v) is 5.41. The molecule has 1 aromatic heterocycles. The highest BCUT2D eigenvalue weighted by Crippen LogP contribution is 2.24. The molecule has 0 saturated heterocycles. The Morgan fingerprint density at radius 2 is 1.93 bits per heavy atom. The number of nitrogens with zero attached hydrogens (tertiary/aromatic N) is 2. The van der Waals surface area contributed by atoms with Crippen molar-refractivity contribution in [1.82, 2.24) is 14.9 Å². The number of carbonyl (C=O) groups is 2. The summed E-state index contributed by atoms with van der Waals surface area (Å²) in [5.74, 6) is -0.654. The molecule has 0 spiro atoms. The van der Waals surface area contributed by atoms with E-state index in [0.29, 0.717) is 10.7 Å². The van der Waals surface area contributed by atoms with E-state index in [1.54, 1.807) is 18.3 Å². The SMILES string of the molecule is COC(=O)C(NC(=O)CSc1nccn1-c1cc(C)ccc1C)c1ccccc1. The second kappa shape index (κ2) is 9.43. The summed E-state index contributed by atoms with van der Waals surface area (Å²) in [6.07, 6.45) is 3.59. The Kier molecular flexibility index (Phi) is 6.72. The number of carbonyl (C=O) groups excluding carboxylic acids is 2. The zero-order valence-electron chi connectivity index (χ0n) is 16.6. The van der Waals surface area contributed by atoms with Crippen LogP contribution in [0.2, 0.25) is 0 Å². The van der Waals surface area contributed by atoms with Gasteiger partial charge in [0.1, 0.15) is 0 Å². The molecule has 1 N–H and O–H groups in total. The molecular weight excluding hydrogens is 386 g/mol. The highest BCUT2D eigenvalue weighted by atomic mass is 32.2. The van der Waals surface area contributed by atoms with Crippen molar-refractivity contribution in [2.75, 3.05) is 12.9 Å². The number of rotatable bonds is 7. The Labute approximate surface area is 174 Å². The fourth-order valence-corrected chi connectivity index (χ4v) is 3.71. The minimum atomic E-state index is -0.840.